The van der Waals surface area contributed by atoms with Crippen LogP contribution in [0.15, 0.2) is 279 Å². The monoisotopic (exact) mass is 1420 g/mol. The van der Waals surface area contributed by atoms with E-state index in [1.54, 1.807) is 12.1 Å². The van der Waals surface area contributed by atoms with E-state index in [1.165, 1.54) is 0 Å². The standard InChI is InChI=1S/C90H81O14P/c1-88(2,66-26-38-72(39-27-66)94-52-78-54-100-78)68-30-42-74(43-31-68)96-56-80(102-86(91)64-24-22-60-14-6-8-16-62(60)50-64)58-98-76-46-34-70(35-47-76)90(5,105(93)85-21-13-11-19-83(85)82-18-10-12-20-84(82)104-105)71-36-48-77(49-37-71)99-59-81(103-87(92)65-25-23-61-15-7-9-17-63(61)51-65)57-97-75-44-32-69(33-45-75)89(3,4)67-28-40-73(41-29-67)95-53-79-55-101-79/h6-51,78-81H,52-59H2,1-5H3. The molecule has 0 aromatic heterocycles. The number of carbonyl (C=O) groups is 2. The number of ether oxygens (including phenoxy) is 10. The fourth-order valence-corrected chi connectivity index (χ4v) is 16.4. The third kappa shape index (κ3) is 15.4. The lowest BCUT2D eigenvalue weighted by Crippen LogP contribution is -2.34. The van der Waals surface area contributed by atoms with Gasteiger partial charge in [0.1, 0.15) is 97.3 Å². The predicted octanol–water partition coefficient (Wildman–Crippen LogP) is 18.5. The van der Waals surface area contributed by atoms with E-state index in [0.29, 0.717) is 69.5 Å². The summed E-state index contributed by atoms with van der Waals surface area (Å²) in [6.45, 7) is 13.1. The molecular formula is C90H81O14P. The van der Waals surface area contributed by atoms with Gasteiger partial charge >= 0.3 is 11.9 Å². The summed E-state index contributed by atoms with van der Waals surface area (Å²) in [5.74, 6) is 3.19. The molecular weight excluding hydrogens is 1340 g/mol. The van der Waals surface area contributed by atoms with Gasteiger partial charge in [0.25, 0.3) is 7.37 Å². The molecule has 5 unspecified atom stereocenters. The van der Waals surface area contributed by atoms with E-state index in [9.17, 15) is 9.59 Å². The molecule has 105 heavy (non-hydrogen) atoms. The van der Waals surface area contributed by atoms with Gasteiger partial charge in [-0.1, -0.05) is 198 Å². The highest BCUT2D eigenvalue weighted by Gasteiger charge is 2.54. The first kappa shape index (κ1) is 69.6. The fraction of sp³-hybridized carbons (Fsp3) is 0.222. The minimum atomic E-state index is -4.01. The highest BCUT2D eigenvalue weighted by Crippen LogP contribution is 2.69. The SMILES string of the molecule is CC(C)(c1ccc(OCC2CO2)cc1)c1ccc(OCC(COc2ccc(C(C)(c3ccc(OCC(COc4ccc(C(C)(C)c5ccc(OCC6CO6)cc5)cc4)OC(=O)c4ccc5ccccc5c4)cc3)P3(=O)Oc4ccccc4-c4ccccc43)cc2)OC(=O)c2ccc3ccccc3c2)cc1. The Morgan fingerprint density at radius 1 is 0.371 bits per heavy atom. The molecule has 12 aromatic rings. The second-order valence-corrected chi connectivity index (χ2v) is 30.7. The van der Waals surface area contributed by atoms with Gasteiger partial charge in [0.15, 0.2) is 12.2 Å². The van der Waals surface area contributed by atoms with Gasteiger partial charge in [-0.15, -0.1) is 0 Å². The van der Waals surface area contributed by atoms with Crippen molar-refractivity contribution >= 4 is 46.2 Å². The molecule has 2 fully saturated rings. The summed E-state index contributed by atoms with van der Waals surface area (Å²) < 4.78 is 84.5. The Morgan fingerprint density at radius 2 is 0.686 bits per heavy atom. The Kier molecular flexibility index (Phi) is 19.8. The number of esters is 2. The average molecular weight is 1420 g/mol. The zero-order chi connectivity index (χ0) is 72.1. The number of fused-ring (bicyclic) bond motifs is 5. The molecule has 0 saturated carbocycles. The number of hydrogen-bond donors (Lipinski definition) is 0. The largest absolute Gasteiger partial charge is 0.491 e. The van der Waals surface area contributed by atoms with Gasteiger partial charge in [0.2, 0.25) is 0 Å². The molecule has 0 N–H and O–H groups in total. The average Bonchev–Trinajstić information content (AvgIpc) is 1.44. The zero-order valence-corrected chi connectivity index (χ0v) is 60.1. The first-order valence-electron chi connectivity index (χ1n) is 35.5. The number of epoxide rings is 2. The van der Waals surface area contributed by atoms with Gasteiger partial charge in [-0.2, -0.15) is 0 Å². The highest BCUT2D eigenvalue weighted by atomic mass is 31.2. The molecule has 0 bridgehead atoms. The molecule has 12 aromatic carbocycles. The van der Waals surface area contributed by atoms with Crippen LogP contribution in [0.25, 0.3) is 32.7 Å². The molecule has 2 saturated heterocycles. The van der Waals surface area contributed by atoms with Crippen molar-refractivity contribution in [1.82, 2.24) is 0 Å². The van der Waals surface area contributed by atoms with Crippen molar-refractivity contribution in [2.45, 2.75) is 75.0 Å². The van der Waals surface area contributed by atoms with Gasteiger partial charge in [-0.25, -0.2) is 9.59 Å². The lowest BCUT2D eigenvalue weighted by atomic mass is 9.78. The molecule has 530 valence electrons. The van der Waals surface area contributed by atoms with Gasteiger partial charge in [0, 0.05) is 16.4 Å². The maximum Gasteiger partial charge on any atom is 0.338 e. The van der Waals surface area contributed by atoms with Crippen LogP contribution in [0.5, 0.6) is 40.2 Å². The highest BCUT2D eigenvalue weighted by molar-refractivity contribution is 7.69. The zero-order valence-electron chi connectivity index (χ0n) is 59.2. The molecule has 5 atom stereocenters. The van der Waals surface area contributed by atoms with Crippen molar-refractivity contribution in [3.63, 3.8) is 0 Å². The molecule has 15 heteroatoms. The molecule has 0 aliphatic carbocycles. The molecule has 3 aliphatic heterocycles. The molecule has 0 radical (unpaired) electrons. The fourth-order valence-electron chi connectivity index (χ4n) is 13.5. The van der Waals surface area contributed by atoms with Crippen LogP contribution >= 0.6 is 7.37 Å². The molecule has 14 nitrogen and oxygen atoms in total. The van der Waals surface area contributed by atoms with E-state index in [-0.39, 0.29) is 49.5 Å². The maximum atomic E-state index is 16.7. The Balaban J connectivity index is 0.672. The van der Waals surface area contributed by atoms with Crippen molar-refractivity contribution in [2.75, 3.05) is 52.9 Å². The van der Waals surface area contributed by atoms with E-state index in [0.717, 1.165) is 79.6 Å². The van der Waals surface area contributed by atoms with Crippen LogP contribution in [-0.2, 0) is 39.5 Å². The van der Waals surface area contributed by atoms with E-state index in [2.05, 4.69) is 52.0 Å². The Labute approximate surface area is 611 Å². The third-order valence-electron chi connectivity index (χ3n) is 20.3. The minimum Gasteiger partial charge on any atom is -0.491 e. The number of carbonyl (C=O) groups excluding carboxylic acids is 2. The van der Waals surface area contributed by atoms with E-state index in [1.807, 2.05) is 250 Å². The van der Waals surface area contributed by atoms with E-state index < -0.39 is 36.7 Å². The van der Waals surface area contributed by atoms with Crippen LogP contribution in [-0.4, -0.2) is 89.2 Å². The van der Waals surface area contributed by atoms with Crippen molar-refractivity contribution < 1.29 is 66.0 Å². The van der Waals surface area contributed by atoms with Crippen LogP contribution < -0.4 is 38.2 Å². The Bertz CT molecular complexity index is 4840. The summed E-state index contributed by atoms with van der Waals surface area (Å²) in [5, 5.41) is 3.05. The van der Waals surface area contributed by atoms with Crippen LogP contribution in [0.3, 0.4) is 0 Å². The quantitative estimate of drug-likeness (QED) is 0.0247. The molecule has 15 rings (SSSR count). The predicted molar refractivity (Wildman–Crippen MR) is 408 cm³/mol. The van der Waals surface area contributed by atoms with E-state index >= 15 is 4.57 Å². The third-order valence-corrected chi connectivity index (χ3v) is 23.5. The van der Waals surface area contributed by atoms with Gasteiger partial charge in [-0.3, -0.25) is 4.57 Å². The summed E-state index contributed by atoms with van der Waals surface area (Å²) in [7, 11) is -4.01. The molecule has 0 spiro atoms. The smallest absolute Gasteiger partial charge is 0.338 e. The van der Waals surface area contributed by atoms with Crippen molar-refractivity contribution in [3.8, 4) is 51.4 Å². The number of rotatable bonds is 29. The second kappa shape index (κ2) is 29.9. The van der Waals surface area contributed by atoms with E-state index in [4.69, 9.17) is 51.9 Å². The lowest BCUT2D eigenvalue weighted by molar-refractivity contribution is 0.00214. The first-order valence-corrected chi connectivity index (χ1v) is 37.2. The van der Waals surface area contributed by atoms with Gasteiger partial charge < -0.3 is 51.9 Å². The summed E-state index contributed by atoms with van der Waals surface area (Å²) in [4.78, 5) is 28.2. The Morgan fingerprint density at radius 3 is 1.06 bits per heavy atom. The van der Waals surface area contributed by atoms with Crippen molar-refractivity contribution in [3.05, 3.63) is 324 Å². The molecule has 3 aliphatic rings. The van der Waals surface area contributed by atoms with Gasteiger partial charge in [0.05, 0.1) is 29.6 Å². The van der Waals surface area contributed by atoms with Crippen LogP contribution in [0.2, 0.25) is 0 Å². The second-order valence-electron chi connectivity index (χ2n) is 28.1. The van der Waals surface area contributed by atoms with Crippen LogP contribution in [0, 0.1) is 0 Å². The Hall–Kier alpha value is -11.2. The number of benzene rings is 12. The summed E-state index contributed by atoms with van der Waals surface area (Å²) >= 11 is 0. The minimum absolute atomic E-state index is 0.0173. The van der Waals surface area contributed by atoms with Crippen molar-refractivity contribution in [1.29, 1.82) is 0 Å². The number of para-hydroxylation sites is 1. The summed E-state index contributed by atoms with van der Waals surface area (Å²) in [6.07, 6.45) is -1.37. The maximum absolute atomic E-state index is 16.7. The topological polar surface area (TPSA) is 159 Å². The first-order chi connectivity index (χ1) is 51.0. The number of hydrogen-bond acceptors (Lipinski definition) is 14. The van der Waals surface area contributed by atoms with Crippen LogP contribution in [0.4, 0.5) is 0 Å². The normalized spacial score (nSPS) is 16.9. The molecule has 3 heterocycles. The van der Waals surface area contributed by atoms with Crippen molar-refractivity contribution in [2.24, 2.45) is 0 Å². The summed E-state index contributed by atoms with van der Waals surface area (Å²) in [5.41, 5.74) is 7.55. The van der Waals surface area contributed by atoms with Crippen LogP contribution in [0.1, 0.15) is 88.7 Å². The summed E-state index contributed by atoms with van der Waals surface area (Å²) in [6, 6.07) is 89.2. The van der Waals surface area contributed by atoms with Gasteiger partial charge in [-0.05, 0) is 177 Å². The lowest BCUT2D eigenvalue weighted by Gasteiger charge is -2.41. The molecule has 0 amide bonds.